The van der Waals surface area contributed by atoms with E-state index >= 15 is 0 Å². The van der Waals surface area contributed by atoms with Crippen molar-refractivity contribution in [1.82, 2.24) is 8.87 Å². The molecule has 1 unspecified atom stereocenters. The van der Waals surface area contributed by atoms with E-state index in [1.54, 1.807) is 30.9 Å². The number of aromatic nitrogens is 1. The van der Waals surface area contributed by atoms with Crippen molar-refractivity contribution in [2.45, 2.75) is 44.7 Å². The lowest BCUT2D eigenvalue weighted by molar-refractivity contribution is 0.338. The monoisotopic (exact) mass is 287 g/mol. The number of sulfonamides is 1. The minimum atomic E-state index is -3.44. The number of nitrogens with two attached hydrogens (primary N) is 1. The quantitative estimate of drug-likeness (QED) is 0.863. The van der Waals surface area contributed by atoms with Crippen LogP contribution < -0.4 is 5.73 Å². The van der Waals surface area contributed by atoms with Crippen LogP contribution in [-0.2, 0) is 23.6 Å². The topological polar surface area (TPSA) is 68.3 Å². The van der Waals surface area contributed by atoms with Crippen molar-refractivity contribution in [3.05, 3.63) is 18.0 Å². The van der Waals surface area contributed by atoms with E-state index in [1.807, 2.05) is 6.92 Å². The van der Waals surface area contributed by atoms with Gasteiger partial charge in [-0.3, -0.25) is 0 Å². The minimum Gasteiger partial charge on any atom is -0.352 e. The fourth-order valence-electron chi connectivity index (χ4n) is 2.15. The lowest BCUT2D eigenvalue weighted by Gasteiger charge is -2.25. The predicted octanol–water partition coefficient (Wildman–Crippen LogP) is 1.54. The van der Waals surface area contributed by atoms with Crippen molar-refractivity contribution in [3.63, 3.8) is 0 Å². The molecule has 0 saturated heterocycles. The van der Waals surface area contributed by atoms with E-state index in [0.29, 0.717) is 17.4 Å². The number of aryl methyl sites for hydroxylation is 1. The molecule has 110 valence electrons. The average molecular weight is 287 g/mol. The summed E-state index contributed by atoms with van der Waals surface area (Å²) in [5.41, 5.74) is 6.39. The van der Waals surface area contributed by atoms with Crippen LogP contribution in [0, 0.1) is 5.92 Å². The van der Waals surface area contributed by atoms with Crippen LogP contribution in [-0.4, -0.2) is 30.4 Å². The fourth-order valence-corrected chi connectivity index (χ4v) is 3.62. The highest BCUT2D eigenvalue weighted by Gasteiger charge is 2.27. The Kier molecular flexibility index (Phi) is 5.18. The van der Waals surface area contributed by atoms with Gasteiger partial charge in [0.05, 0.1) is 0 Å². The summed E-state index contributed by atoms with van der Waals surface area (Å²) < 4.78 is 28.2. The van der Waals surface area contributed by atoms with E-state index in [1.165, 1.54) is 4.31 Å². The summed E-state index contributed by atoms with van der Waals surface area (Å²) in [5.74, 6) is 0.461. The highest BCUT2D eigenvalue weighted by atomic mass is 32.2. The minimum absolute atomic E-state index is 0.0217. The molecule has 0 spiro atoms. The first kappa shape index (κ1) is 16.2. The van der Waals surface area contributed by atoms with Crippen molar-refractivity contribution < 1.29 is 8.42 Å². The molecule has 0 radical (unpaired) electrons. The van der Waals surface area contributed by atoms with Gasteiger partial charge >= 0.3 is 0 Å². The van der Waals surface area contributed by atoms with Crippen LogP contribution in [0.3, 0.4) is 0 Å². The smallest absolute Gasteiger partial charge is 0.244 e. The molecule has 2 N–H and O–H groups in total. The van der Waals surface area contributed by atoms with Crippen molar-refractivity contribution in [2.24, 2.45) is 18.7 Å². The normalized spacial score (nSPS) is 14.3. The van der Waals surface area contributed by atoms with Crippen molar-refractivity contribution >= 4 is 10.0 Å². The number of rotatable bonds is 6. The molecule has 1 aromatic heterocycles. The zero-order valence-electron chi connectivity index (χ0n) is 12.4. The number of hydrogen-bond acceptors (Lipinski definition) is 3. The van der Waals surface area contributed by atoms with Crippen LogP contribution in [0.5, 0.6) is 0 Å². The maximum atomic E-state index is 12.5. The van der Waals surface area contributed by atoms with Gasteiger partial charge in [-0.2, -0.15) is 4.31 Å². The number of hydrogen-bond donors (Lipinski definition) is 1. The molecule has 0 aliphatic rings. The van der Waals surface area contributed by atoms with Crippen LogP contribution in [0.25, 0.3) is 0 Å². The Morgan fingerprint density at radius 2 is 1.95 bits per heavy atom. The molecule has 0 aliphatic carbocycles. The lowest BCUT2D eigenvalue weighted by Crippen LogP contribution is -2.35. The van der Waals surface area contributed by atoms with Gasteiger partial charge in [-0.25, -0.2) is 8.42 Å². The Labute approximate surface area is 116 Å². The first-order chi connectivity index (χ1) is 8.70. The van der Waals surface area contributed by atoms with Gasteiger partial charge in [0.1, 0.15) is 4.90 Å². The second-order valence-corrected chi connectivity index (χ2v) is 7.48. The third kappa shape index (κ3) is 3.58. The summed E-state index contributed by atoms with van der Waals surface area (Å²) >= 11 is 0. The molecule has 0 aliphatic heterocycles. The van der Waals surface area contributed by atoms with Gasteiger partial charge < -0.3 is 10.3 Å². The molecule has 5 nitrogen and oxygen atoms in total. The molecule has 0 amide bonds. The van der Waals surface area contributed by atoms with E-state index in [0.717, 1.165) is 12.1 Å². The molecule has 0 aromatic carbocycles. The van der Waals surface area contributed by atoms with Crippen LogP contribution in [0.4, 0.5) is 0 Å². The maximum Gasteiger partial charge on any atom is 0.244 e. The molecule has 1 atom stereocenters. The van der Waals surface area contributed by atoms with Gasteiger partial charge in [0.2, 0.25) is 10.0 Å². The second-order valence-electron chi connectivity index (χ2n) is 5.48. The second kappa shape index (κ2) is 6.07. The van der Waals surface area contributed by atoms with E-state index in [9.17, 15) is 8.42 Å². The summed E-state index contributed by atoms with van der Waals surface area (Å²) in [4.78, 5) is 0.313. The van der Waals surface area contributed by atoms with Crippen molar-refractivity contribution in [1.29, 1.82) is 0 Å². The first-order valence-corrected chi connectivity index (χ1v) is 7.97. The SMILES string of the molecule is CC(C)CC(C)N(C)S(=O)(=O)c1cc(CN)n(C)c1. The fraction of sp³-hybridized carbons (Fsp3) is 0.692. The third-order valence-corrected chi connectivity index (χ3v) is 5.34. The highest BCUT2D eigenvalue weighted by Crippen LogP contribution is 2.21. The van der Waals surface area contributed by atoms with Crippen LogP contribution >= 0.6 is 0 Å². The summed E-state index contributed by atoms with van der Waals surface area (Å²) in [5, 5.41) is 0. The van der Waals surface area contributed by atoms with Crippen LogP contribution in [0.1, 0.15) is 32.9 Å². The molecular formula is C13H25N3O2S. The van der Waals surface area contributed by atoms with Gasteiger partial charge in [0, 0.05) is 38.6 Å². The summed E-state index contributed by atoms with van der Waals surface area (Å²) in [7, 11) is 0.00207. The standard InChI is InChI=1S/C13H25N3O2S/c1-10(2)6-11(3)16(5)19(17,18)13-7-12(8-14)15(4)9-13/h7,9-11H,6,8,14H2,1-5H3. The molecule has 1 rings (SSSR count). The molecular weight excluding hydrogens is 262 g/mol. The predicted molar refractivity (Wildman–Crippen MR) is 77.2 cm³/mol. The van der Waals surface area contributed by atoms with E-state index in [4.69, 9.17) is 5.73 Å². The van der Waals surface area contributed by atoms with Gasteiger partial charge in [-0.15, -0.1) is 0 Å². The van der Waals surface area contributed by atoms with Gasteiger partial charge in [0.15, 0.2) is 0 Å². The maximum absolute atomic E-state index is 12.5. The van der Waals surface area contributed by atoms with Crippen LogP contribution in [0.2, 0.25) is 0 Å². The van der Waals surface area contributed by atoms with Gasteiger partial charge in [0.25, 0.3) is 0 Å². The van der Waals surface area contributed by atoms with E-state index in [2.05, 4.69) is 13.8 Å². The molecule has 6 heteroatoms. The van der Waals surface area contributed by atoms with Crippen molar-refractivity contribution in [2.75, 3.05) is 7.05 Å². The molecule has 0 bridgehead atoms. The average Bonchev–Trinajstić information content (AvgIpc) is 2.69. The third-order valence-electron chi connectivity index (χ3n) is 3.40. The van der Waals surface area contributed by atoms with Gasteiger partial charge in [-0.1, -0.05) is 13.8 Å². The summed E-state index contributed by atoms with van der Waals surface area (Å²) in [6.07, 6.45) is 2.46. The Morgan fingerprint density at radius 1 is 1.37 bits per heavy atom. The van der Waals surface area contributed by atoms with Gasteiger partial charge in [-0.05, 0) is 25.3 Å². The summed E-state index contributed by atoms with van der Waals surface area (Å²) in [6, 6.07) is 1.63. The molecule has 1 heterocycles. The van der Waals surface area contributed by atoms with Crippen molar-refractivity contribution in [3.8, 4) is 0 Å². The Hall–Kier alpha value is -0.850. The number of nitrogens with zero attached hydrogens (tertiary/aromatic N) is 2. The Morgan fingerprint density at radius 3 is 2.37 bits per heavy atom. The zero-order valence-corrected chi connectivity index (χ0v) is 13.2. The molecule has 0 saturated carbocycles. The summed E-state index contributed by atoms with van der Waals surface area (Å²) in [6.45, 7) is 6.44. The van der Waals surface area contributed by atoms with Crippen LogP contribution in [0.15, 0.2) is 17.2 Å². The molecule has 19 heavy (non-hydrogen) atoms. The first-order valence-electron chi connectivity index (χ1n) is 6.53. The zero-order chi connectivity index (χ0) is 14.8. The lowest BCUT2D eigenvalue weighted by atomic mass is 10.1. The largest absolute Gasteiger partial charge is 0.352 e. The van der Waals surface area contributed by atoms with E-state index < -0.39 is 10.0 Å². The Bertz CT molecular complexity index is 520. The molecule has 0 fully saturated rings. The highest BCUT2D eigenvalue weighted by molar-refractivity contribution is 7.89. The molecule has 1 aromatic rings. The Balaban J connectivity index is 3.02. The van der Waals surface area contributed by atoms with E-state index in [-0.39, 0.29) is 6.04 Å².